The van der Waals surface area contributed by atoms with Crippen molar-refractivity contribution in [2.24, 2.45) is 0 Å². The molecule has 0 saturated heterocycles. The number of amides is 1. The Hall–Kier alpha value is -1.89. The van der Waals surface area contributed by atoms with Gasteiger partial charge >= 0.3 is 12.1 Å². The zero-order valence-electron chi connectivity index (χ0n) is 10.0. The van der Waals surface area contributed by atoms with Gasteiger partial charge in [0.05, 0.1) is 0 Å². The molecule has 1 amide bonds. The van der Waals surface area contributed by atoms with Crippen LogP contribution in [0.15, 0.2) is 6.07 Å². The molecule has 18 heavy (non-hydrogen) atoms. The van der Waals surface area contributed by atoms with Crippen LogP contribution < -0.4 is 5.32 Å². The predicted octanol–water partition coefficient (Wildman–Crippen LogP) is 2.18. The van der Waals surface area contributed by atoms with E-state index in [0.717, 1.165) is 6.07 Å². The Morgan fingerprint density at radius 1 is 1.39 bits per heavy atom. The number of carboxylic acids is 1. The lowest BCUT2D eigenvalue weighted by atomic mass is 10.2. The van der Waals surface area contributed by atoms with Crippen molar-refractivity contribution in [2.75, 3.05) is 5.32 Å². The molecule has 0 aliphatic rings. The number of carboxylic acid groups (broad SMARTS) is 1. The highest BCUT2D eigenvalue weighted by Gasteiger charge is 2.17. The molecule has 0 aliphatic heterocycles. The lowest BCUT2D eigenvalue weighted by Gasteiger charge is -2.19. The Bertz CT molecular complexity index is 485. The van der Waals surface area contributed by atoms with E-state index in [9.17, 15) is 9.59 Å². The Balaban J connectivity index is 2.85. The lowest BCUT2D eigenvalue weighted by Crippen LogP contribution is -2.27. The van der Waals surface area contributed by atoms with Crippen molar-refractivity contribution in [3.8, 4) is 0 Å². The largest absolute Gasteiger partial charge is 0.477 e. The minimum Gasteiger partial charge on any atom is -0.477 e. The Morgan fingerprint density at radius 3 is 2.50 bits per heavy atom. The Labute approximate surface area is 108 Å². The van der Waals surface area contributed by atoms with Gasteiger partial charge in [-0.05, 0) is 32.4 Å². The number of halogens is 1. The number of nitrogens with one attached hydrogen (secondary N) is 1. The Kier molecular flexibility index (Phi) is 4.07. The first-order chi connectivity index (χ1) is 8.17. The SMILES string of the molecule is CC(C)(C)OC(=O)Nc1cc(C(=O)O)nc(Cl)n1. The van der Waals surface area contributed by atoms with Gasteiger partial charge in [-0.3, -0.25) is 5.32 Å². The van der Waals surface area contributed by atoms with Gasteiger partial charge in [0.15, 0.2) is 5.69 Å². The summed E-state index contributed by atoms with van der Waals surface area (Å²) in [6.45, 7) is 5.09. The molecule has 1 rings (SSSR count). The summed E-state index contributed by atoms with van der Waals surface area (Å²) in [5, 5.41) is 10.8. The van der Waals surface area contributed by atoms with Crippen molar-refractivity contribution < 1.29 is 19.4 Å². The first-order valence-electron chi connectivity index (χ1n) is 4.95. The fourth-order valence-corrected chi connectivity index (χ4v) is 1.18. The molecule has 2 N–H and O–H groups in total. The van der Waals surface area contributed by atoms with Gasteiger partial charge in [-0.15, -0.1) is 0 Å². The second-order valence-electron chi connectivity index (χ2n) is 4.34. The molecule has 0 aromatic carbocycles. The first-order valence-corrected chi connectivity index (χ1v) is 5.33. The number of anilines is 1. The van der Waals surface area contributed by atoms with Crippen molar-refractivity contribution in [1.29, 1.82) is 0 Å². The minimum atomic E-state index is -1.27. The van der Waals surface area contributed by atoms with Crippen molar-refractivity contribution in [3.05, 3.63) is 17.0 Å². The first kappa shape index (κ1) is 14.2. The van der Waals surface area contributed by atoms with Crippen LogP contribution in [-0.4, -0.2) is 32.7 Å². The van der Waals surface area contributed by atoms with Gasteiger partial charge in [0.25, 0.3) is 0 Å². The molecule has 0 bridgehead atoms. The average molecular weight is 274 g/mol. The summed E-state index contributed by atoms with van der Waals surface area (Å²) >= 11 is 5.53. The average Bonchev–Trinajstić information content (AvgIpc) is 2.12. The molecule has 0 atom stereocenters. The fourth-order valence-electron chi connectivity index (χ4n) is 1.000. The molecule has 8 heteroatoms. The molecule has 0 radical (unpaired) electrons. The van der Waals surface area contributed by atoms with Gasteiger partial charge in [0.1, 0.15) is 11.4 Å². The number of aromatic carboxylic acids is 1. The van der Waals surface area contributed by atoms with E-state index in [1.807, 2.05) is 0 Å². The smallest absolute Gasteiger partial charge is 0.413 e. The predicted molar refractivity (Wildman–Crippen MR) is 63.9 cm³/mol. The molecule has 98 valence electrons. The van der Waals surface area contributed by atoms with Crippen LogP contribution in [0.3, 0.4) is 0 Å². The van der Waals surface area contributed by atoms with Crippen molar-refractivity contribution in [1.82, 2.24) is 9.97 Å². The molecule has 1 aromatic heterocycles. The van der Waals surface area contributed by atoms with Crippen LogP contribution in [0.25, 0.3) is 0 Å². The Morgan fingerprint density at radius 2 is 2.00 bits per heavy atom. The van der Waals surface area contributed by atoms with Crippen LogP contribution in [0.2, 0.25) is 5.28 Å². The van der Waals surface area contributed by atoms with Crippen LogP contribution >= 0.6 is 11.6 Å². The van der Waals surface area contributed by atoms with Crippen LogP contribution in [-0.2, 0) is 4.74 Å². The summed E-state index contributed by atoms with van der Waals surface area (Å²) in [6.07, 6.45) is -0.756. The number of carbonyl (C=O) groups excluding carboxylic acids is 1. The van der Waals surface area contributed by atoms with Gasteiger partial charge < -0.3 is 9.84 Å². The molecule has 0 fully saturated rings. The van der Waals surface area contributed by atoms with E-state index < -0.39 is 17.7 Å². The summed E-state index contributed by atoms with van der Waals surface area (Å²) in [5.41, 5.74) is -0.989. The van der Waals surface area contributed by atoms with Crippen molar-refractivity contribution in [2.45, 2.75) is 26.4 Å². The zero-order valence-corrected chi connectivity index (χ0v) is 10.8. The summed E-state index contributed by atoms with van der Waals surface area (Å²) in [5.74, 6) is -1.31. The van der Waals surface area contributed by atoms with Gasteiger partial charge in [-0.2, -0.15) is 0 Å². The molecule has 0 spiro atoms. The van der Waals surface area contributed by atoms with Gasteiger partial charge in [0.2, 0.25) is 5.28 Å². The maximum absolute atomic E-state index is 11.4. The lowest BCUT2D eigenvalue weighted by molar-refractivity contribution is 0.0631. The molecular weight excluding hydrogens is 262 g/mol. The summed E-state index contributed by atoms with van der Waals surface area (Å²) < 4.78 is 4.98. The van der Waals surface area contributed by atoms with E-state index in [4.69, 9.17) is 21.4 Å². The number of nitrogens with zero attached hydrogens (tertiary/aromatic N) is 2. The zero-order chi connectivity index (χ0) is 13.9. The van der Waals surface area contributed by atoms with Crippen LogP contribution in [0.1, 0.15) is 31.3 Å². The van der Waals surface area contributed by atoms with Gasteiger partial charge in [-0.1, -0.05) is 0 Å². The monoisotopic (exact) mass is 273 g/mol. The number of carbonyl (C=O) groups is 2. The standard InChI is InChI=1S/C10H12ClN3O4/c1-10(2,3)18-9(17)14-6-4-5(7(15)16)12-8(11)13-6/h4H,1-3H3,(H,15,16)(H,12,13,14,17). The van der Waals surface area contributed by atoms with Gasteiger partial charge in [-0.25, -0.2) is 19.6 Å². The fraction of sp³-hybridized carbons (Fsp3) is 0.400. The topological polar surface area (TPSA) is 101 Å². The van der Waals surface area contributed by atoms with E-state index >= 15 is 0 Å². The van der Waals surface area contributed by atoms with E-state index in [0.29, 0.717) is 0 Å². The van der Waals surface area contributed by atoms with Crippen LogP contribution in [0, 0.1) is 0 Å². The number of hydrogen-bond acceptors (Lipinski definition) is 5. The van der Waals surface area contributed by atoms with Crippen LogP contribution in [0.4, 0.5) is 10.6 Å². The third-order valence-electron chi connectivity index (χ3n) is 1.55. The molecule has 0 unspecified atom stereocenters. The quantitative estimate of drug-likeness (QED) is 0.801. The highest BCUT2D eigenvalue weighted by Crippen LogP contribution is 2.13. The van der Waals surface area contributed by atoms with Crippen molar-refractivity contribution >= 4 is 29.5 Å². The maximum Gasteiger partial charge on any atom is 0.413 e. The number of aromatic nitrogens is 2. The number of rotatable bonds is 2. The third-order valence-corrected chi connectivity index (χ3v) is 1.72. The van der Waals surface area contributed by atoms with E-state index in [1.54, 1.807) is 20.8 Å². The molecule has 0 saturated carbocycles. The third kappa shape index (κ3) is 4.54. The molecule has 7 nitrogen and oxygen atoms in total. The molecule has 0 aliphatic carbocycles. The summed E-state index contributed by atoms with van der Waals surface area (Å²) in [4.78, 5) is 29.3. The van der Waals surface area contributed by atoms with E-state index in [2.05, 4.69) is 15.3 Å². The van der Waals surface area contributed by atoms with Crippen LogP contribution in [0.5, 0.6) is 0 Å². The molecular formula is C10H12ClN3O4. The summed E-state index contributed by atoms with van der Waals surface area (Å²) in [7, 11) is 0. The second kappa shape index (κ2) is 5.18. The van der Waals surface area contributed by atoms with Gasteiger partial charge in [0, 0.05) is 6.07 Å². The molecule has 1 heterocycles. The minimum absolute atomic E-state index is 0.0401. The highest BCUT2D eigenvalue weighted by molar-refractivity contribution is 6.28. The number of ether oxygens (including phenoxy) is 1. The maximum atomic E-state index is 11.4. The highest BCUT2D eigenvalue weighted by atomic mass is 35.5. The molecule has 1 aromatic rings. The number of hydrogen-bond donors (Lipinski definition) is 2. The second-order valence-corrected chi connectivity index (χ2v) is 4.68. The van der Waals surface area contributed by atoms with E-state index in [-0.39, 0.29) is 16.8 Å². The van der Waals surface area contributed by atoms with E-state index in [1.165, 1.54) is 0 Å². The summed E-state index contributed by atoms with van der Waals surface area (Å²) in [6, 6.07) is 1.08. The normalized spacial score (nSPS) is 10.9. The van der Waals surface area contributed by atoms with Crippen molar-refractivity contribution in [3.63, 3.8) is 0 Å².